The average molecular weight is 283 g/mol. The summed E-state index contributed by atoms with van der Waals surface area (Å²) >= 11 is 0. The van der Waals surface area contributed by atoms with Crippen molar-refractivity contribution in [3.05, 3.63) is 64.7 Å². The van der Waals surface area contributed by atoms with Gasteiger partial charge in [0, 0.05) is 0 Å². The Bertz CT molecular complexity index is 604. The van der Waals surface area contributed by atoms with Gasteiger partial charge < -0.3 is 10.1 Å². The highest BCUT2D eigenvalue weighted by Crippen LogP contribution is 2.28. The number of rotatable bonds is 5. The summed E-state index contributed by atoms with van der Waals surface area (Å²) in [6, 6.07) is 15.1. The maximum Gasteiger partial charge on any atom is 0.120 e. The van der Waals surface area contributed by atoms with Crippen molar-refractivity contribution in [1.29, 1.82) is 0 Å². The van der Waals surface area contributed by atoms with Gasteiger partial charge in [0.05, 0.1) is 12.1 Å². The molecule has 1 unspecified atom stereocenters. The van der Waals surface area contributed by atoms with E-state index in [1.807, 2.05) is 27.0 Å². The molecule has 0 amide bonds. The largest absolute Gasteiger partial charge is 0.491 e. The SMILES string of the molecule is CNC(c1cccc(OC(C)C)c1)c1ccc(C)cc1C. The summed E-state index contributed by atoms with van der Waals surface area (Å²) < 4.78 is 5.81. The minimum Gasteiger partial charge on any atom is -0.491 e. The molecule has 0 aliphatic heterocycles. The zero-order valence-corrected chi connectivity index (χ0v) is 13.6. The van der Waals surface area contributed by atoms with E-state index in [2.05, 4.69) is 55.6 Å². The number of hydrogen-bond donors (Lipinski definition) is 1. The first-order valence-corrected chi connectivity index (χ1v) is 7.52. The maximum atomic E-state index is 5.81. The lowest BCUT2D eigenvalue weighted by Gasteiger charge is -2.21. The van der Waals surface area contributed by atoms with E-state index in [1.54, 1.807) is 0 Å². The molecule has 2 nitrogen and oxygen atoms in total. The Balaban J connectivity index is 2.37. The summed E-state index contributed by atoms with van der Waals surface area (Å²) in [5.41, 5.74) is 5.14. The lowest BCUT2D eigenvalue weighted by Crippen LogP contribution is -2.19. The van der Waals surface area contributed by atoms with E-state index in [4.69, 9.17) is 4.74 Å². The van der Waals surface area contributed by atoms with Crippen molar-refractivity contribution in [1.82, 2.24) is 5.32 Å². The molecule has 21 heavy (non-hydrogen) atoms. The van der Waals surface area contributed by atoms with E-state index in [-0.39, 0.29) is 12.1 Å². The molecule has 0 aliphatic rings. The summed E-state index contributed by atoms with van der Waals surface area (Å²) in [6.45, 7) is 8.39. The molecular formula is C19H25NO. The van der Waals surface area contributed by atoms with Gasteiger partial charge in [-0.05, 0) is 63.6 Å². The standard InChI is InChI=1S/C19H25NO/c1-13(2)21-17-8-6-7-16(12-17)19(20-5)18-10-9-14(3)11-15(18)4/h6-13,19-20H,1-5H3. The third-order valence-electron chi connectivity index (χ3n) is 3.59. The zero-order valence-electron chi connectivity index (χ0n) is 13.6. The van der Waals surface area contributed by atoms with Crippen LogP contribution in [-0.2, 0) is 0 Å². The van der Waals surface area contributed by atoms with Crippen LogP contribution in [0.4, 0.5) is 0 Å². The molecule has 2 rings (SSSR count). The fourth-order valence-corrected chi connectivity index (χ4v) is 2.69. The predicted octanol–water partition coefficient (Wildman–Crippen LogP) is 4.40. The van der Waals surface area contributed by atoms with Crippen LogP contribution < -0.4 is 10.1 Å². The third-order valence-corrected chi connectivity index (χ3v) is 3.59. The van der Waals surface area contributed by atoms with Crippen LogP contribution in [0.15, 0.2) is 42.5 Å². The van der Waals surface area contributed by atoms with Crippen LogP contribution in [0.5, 0.6) is 5.75 Å². The Labute approximate surface area is 128 Å². The highest BCUT2D eigenvalue weighted by Gasteiger charge is 2.15. The van der Waals surface area contributed by atoms with Crippen molar-refractivity contribution in [2.24, 2.45) is 0 Å². The van der Waals surface area contributed by atoms with Gasteiger partial charge in [0.1, 0.15) is 5.75 Å². The summed E-state index contributed by atoms with van der Waals surface area (Å²) in [5, 5.41) is 3.42. The summed E-state index contributed by atoms with van der Waals surface area (Å²) in [6.07, 6.45) is 0.189. The molecule has 1 N–H and O–H groups in total. The molecule has 0 spiro atoms. The van der Waals surface area contributed by atoms with Crippen LogP contribution in [0.3, 0.4) is 0 Å². The van der Waals surface area contributed by atoms with E-state index in [9.17, 15) is 0 Å². The Hall–Kier alpha value is -1.80. The monoisotopic (exact) mass is 283 g/mol. The van der Waals surface area contributed by atoms with Crippen LogP contribution in [-0.4, -0.2) is 13.2 Å². The van der Waals surface area contributed by atoms with Gasteiger partial charge in [-0.2, -0.15) is 0 Å². The van der Waals surface area contributed by atoms with Crippen molar-refractivity contribution in [2.75, 3.05) is 7.05 Å². The smallest absolute Gasteiger partial charge is 0.120 e. The van der Waals surface area contributed by atoms with E-state index in [0.717, 1.165) is 5.75 Å². The van der Waals surface area contributed by atoms with Gasteiger partial charge in [-0.15, -0.1) is 0 Å². The van der Waals surface area contributed by atoms with E-state index < -0.39 is 0 Å². The van der Waals surface area contributed by atoms with Crippen molar-refractivity contribution in [3.63, 3.8) is 0 Å². The van der Waals surface area contributed by atoms with E-state index >= 15 is 0 Å². The van der Waals surface area contributed by atoms with Crippen molar-refractivity contribution < 1.29 is 4.74 Å². The molecular weight excluding hydrogens is 258 g/mol. The highest BCUT2D eigenvalue weighted by atomic mass is 16.5. The second kappa shape index (κ2) is 6.77. The molecule has 0 aromatic heterocycles. The topological polar surface area (TPSA) is 21.3 Å². The lowest BCUT2D eigenvalue weighted by atomic mass is 9.94. The van der Waals surface area contributed by atoms with Gasteiger partial charge in [0.15, 0.2) is 0 Å². The second-order valence-electron chi connectivity index (χ2n) is 5.82. The molecule has 0 saturated heterocycles. The van der Waals surface area contributed by atoms with Crippen LogP contribution in [0.1, 0.15) is 42.1 Å². The van der Waals surface area contributed by atoms with Gasteiger partial charge in [-0.3, -0.25) is 0 Å². The Morgan fingerprint density at radius 2 is 1.76 bits per heavy atom. The molecule has 2 heteroatoms. The first-order chi connectivity index (χ1) is 10.0. The predicted molar refractivity (Wildman–Crippen MR) is 89.0 cm³/mol. The van der Waals surface area contributed by atoms with E-state index in [1.165, 1.54) is 22.3 Å². The molecule has 112 valence electrons. The molecule has 0 heterocycles. The Kier molecular flexibility index (Phi) is 5.03. The van der Waals surface area contributed by atoms with Crippen molar-refractivity contribution >= 4 is 0 Å². The average Bonchev–Trinajstić information content (AvgIpc) is 2.41. The molecule has 0 radical (unpaired) electrons. The number of hydrogen-bond acceptors (Lipinski definition) is 2. The minimum atomic E-state index is 0.182. The number of benzene rings is 2. The van der Waals surface area contributed by atoms with Crippen LogP contribution in [0.25, 0.3) is 0 Å². The molecule has 0 aliphatic carbocycles. The molecule has 2 aromatic rings. The lowest BCUT2D eigenvalue weighted by molar-refractivity contribution is 0.242. The first-order valence-electron chi connectivity index (χ1n) is 7.52. The van der Waals surface area contributed by atoms with E-state index in [0.29, 0.717) is 0 Å². The second-order valence-corrected chi connectivity index (χ2v) is 5.82. The number of nitrogens with one attached hydrogen (secondary N) is 1. The quantitative estimate of drug-likeness (QED) is 0.878. The number of aryl methyl sites for hydroxylation is 2. The van der Waals surface area contributed by atoms with Crippen molar-refractivity contribution in [3.8, 4) is 5.75 Å². The summed E-state index contributed by atoms with van der Waals surface area (Å²) in [5.74, 6) is 0.924. The van der Waals surface area contributed by atoms with Gasteiger partial charge in [-0.25, -0.2) is 0 Å². The molecule has 2 aromatic carbocycles. The van der Waals surface area contributed by atoms with Gasteiger partial charge >= 0.3 is 0 Å². The first kappa shape index (κ1) is 15.6. The molecule has 0 saturated carbocycles. The fourth-order valence-electron chi connectivity index (χ4n) is 2.69. The summed E-state index contributed by atoms with van der Waals surface area (Å²) in [4.78, 5) is 0. The molecule has 1 atom stereocenters. The Morgan fingerprint density at radius 1 is 1.00 bits per heavy atom. The van der Waals surface area contributed by atoms with Crippen molar-refractivity contribution in [2.45, 2.75) is 39.8 Å². The zero-order chi connectivity index (χ0) is 15.4. The number of ether oxygens (including phenoxy) is 1. The highest BCUT2D eigenvalue weighted by molar-refractivity contribution is 5.41. The third kappa shape index (κ3) is 3.85. The van der Waals surface area contributed by atoms with Crippen LogP contribution >= 0.6 is 0 Å². The Morgan fingerprint density at radius 3 is 2.38 bits per heavy atom. The van der Waals surface area contributed by atoms with Gasteiger partial charge in [0.2, 0.25) is 0 Å². The van der Waals surface area contributed by atoms with Crippen LogP contribution in [0, 0.1) is 13.8 Å². The minimum absolute atomic E-state index is 0.182. The normalized spacial score (nSPS) is 12.5. The van der Waals surface area contributed by atoms with Gasteiger partial charge in [-0.1, -0.05) is 35.9 Å². The fraction of sp³-hybridized carbons (Fsp3) is 0.368. The van der Waals surface area contributed by atoms with Gasteiger partial charge in [0.25, 0.3) is 0 Å². The molecule has 0 fully saturated rings. The molecule has 0 bridgehead atoms. The maximum absolute atomic E-state index is 5.81. The van der Waals surface area contributed by atoms with Crippen LogP contribution in [0.2, 0.25) is 0 Å². The summed E-state index contributed by atoms with van der Waals surface area (Å²) in [7, 11) is 2.00.